The van der Waals surface area contributed by atoms with Gasteiger partial charge in [0.2, 0.25) is 0 Å². The zero-order valence-corrected chi connectivity index (χ0v) is 12.7. The van der Waals surface area contributed by atoms with Crippen molar-refractivity contribution in [3.8, 4) is 0 Å². The molecule has 0 aliphatic rings. The first-order valence-corrected chi connectivity index (χ1v) is 6.79. The van der Waals surface area contributed by atoms with Crippen LogP contribution in [0.1, 0.15) is 31.1 Å². The Kier molecular flexibility index (Phi) is 5.69. The SMILES string of the molecule is CC.CCOC(=O)c1cnc2c(N)ncc(Br)c2c1. The van der Waals surface area contributed by atoms with E-state index in [0.717, 1.165) is 9.86 Å². The smallest absolute Gasteiger partial charge is 0.339 e. The minimum atomic E-state index is -0.399. The molecule has 0 fully saturated rings. The highest BCUT2D eigenvalue weighted by Crippen LogP contribution is 2.25. The lowest BCUT2D eigenvalue weighted by Crippen LogP contribution is -2.05. The van der Waals surface area contributed by atoms with Crippen LogP contribution in [0.25, 0.3) is 10.9 Å². The third kappa shape index (κ3) is 3.41. The normalized spacial score (nSPS) is 9.68. The van der Waals surface area contributed by atoms with E-state index in [0.29, 0.717) is 23.5 Å². The molecule has 19 heavy (non-hydrogen) atoms. The van der Waals surface area contributed by atoms with Crippen LogP contribution in [-0.4, -0.2) is 22.5 Å². The maximum atomic E-state index is 11.6. The van der Waals surface area contributed by atoms with Crippen LogP contribution in [0.4, 0.5) is 5.82 Å². The minimum absolute atomic E-state index is 0.330. The second-order valence-corrected chi connectivity index (χ2v) is 4.19. The Morgan fingerprint density at radius 1 is 1.37 bits per heavy atom. The van der Waals surface area contributed by atoms with Crippen molar-refractivity contribution in [3.63, 3.8) is 0 Å². The highest BCUT2D eigenvalue weighted by atomic mass is 79.9. The molecule has 0 aromatic carbocycles. The molecule has 2 rings (SSSR count). The van der Waals surface area contributed by atoms with Crippen LogP contribution in [0.5, 0.6) is 0 Å². The highest BCUT2D eigenvalue weighted by molar-refractivity contribution is 9.10. The fraction of sp³-hybridized carbons (Fsp3) is 0.308. The van der Waals surface area contributed by atoms with Gasteiger partial charge in [0.1, 0.15) is 11.3 Å². The van der Waals surface area contributed by atoms with Gasteiger partial charge in [0.25, 0.3) is 0 Å². The number of hydrogen-bond acceptors (Lipinski definition) is 5. The Morgan fingerprint density at radius 2 is 2.05 bits per heavy atom. The van der Waals surface area contributed by atoms with Crippen molar-refractivity contribution in [1.29, 1.82) is 0 Å². The number of nitrogen functional groups attached to an aromatic ring is 1. The van der Waals surface area contributed by atoms with Gasteiger partial charge in [-0.15, -0.1) is 0 Å². The van der Waals surface area contributed by atoms with Gasteiger partial charge in [-0.2, -0.15) is 0 Å². The van der Waals surface area contributed by atoms with Crippen LogP contribution >= 0.6 is 15.9 Å². The maximum absolute atomic E-state index is 11.6. The first-order chi connectivity index (χ1) is 9.13. The number of nitrogens with zero attached hydrogens (tertiary/aromatic N) is 2. The number of carbonyl (C=O) groups is 1. The van der Waals surface area contributed by atoms with E-state index in [4.69, 9.17) is 10.5 Å². The van der Waals surface area contributed by atoms with Crippen molar-refractivity contribution < 1.29 is 9.53 Å². The lowest BCUT2D eigenvalue weighted by atomic mass is 10.2. The molecule has 0 atom stereocenters. The van der Waals surface area contributed by atoms with E-state index in [2.05, 4.69) is 25.9 Å². The van der Waals surface area contributed by atoms with Crippen molar-refractivity contribution in [3.05, 3.63) is 28.5 Å². The van der Waals surface area contributed by atoms with Crippen LogP contribution in [0.3, 0.4) is 0 Å². The summed E-state index contributed by atoms with van der Waals surface area (Å²) >= 11 is 3.34. The molecule has 0 aliphatic carbocycles. The molecule has 2 aromatic heterocycles. The molecule has 2 N–H and O–H groups in total. The van der Waals surface area contributed by atoms with Crippen LogP contribution < -0.4 is 5.73 Å². The second-order valence-electron chi connectivity index (χ2n) is 3.33. The van der Waals surface area contributed by atoms with Gasteiger partial charge in [0.15, 0.2) is 0 Å². The fourth-order valence-corrected chi connectivity index (χ4v) is 1.84. The van der Waals surface area contributed by atoms with E-state index in [-0.39, 0.29) is 0 Å². The summed E-state index contributed by atoms with van der Waals surface area (Å²) in [5.74, 6) is -0.0669. The molecule has 2 heterocycles. The summed E-state index contributed by atoms with van der Waals surface area (Å²) in [4.78, 5) is 19.7. The Bertz CT molecular complexity index is 587. The molecule has 0 unspecified atom stereocenters. The molecule has 0 radical (unpaired) electrons. The lowest BCUT2D eigenvalue weighted by molar-refractivity contribution is 0.0526. The van der Waals surface area contributed by atoms with Crippen molar-refractivity contribution in [1.82, 2.24) is 9.97 Å². The minimum Gasteiger partial charge on any atom is -0.462 e. The number of ether oxygens (including phenoxy) is 1. The van der Waals surface area contributed by atoms with Gasteiger partial charge in [-0.05, 0) is 28.9 Å². The van der Waals surface area contributed by atoms with E-state index in [9.17, 15) is 4.79 Å². The molecule has 102 valence electrons. The van der Waals surface area contributed by atoms with Crippen LogP contribution in [-0.2, 0) is 4.74 Å². The number of nitrogens with two attached hydrogens (primary N) is 1. The number of carbonyl (C=O) groups excluding carboxylic acids is 1. The highest BCUT2D eigenvalue weighted by Gasteiger charge is 2.11. The number of esters is 1. The van der Waals surface area contributed by atoms with E-state index in [1.807, 2.05) is 13.8 Å². The number of anilines is 1. The van der Waals surface area contributed by atoms with Gasteiger partial charge in [-0.1, -0.05) is 13.8 Å². The third-order valence-electron chi connectivity index (χ3n) is 2.22. The molecular weight excluding hydrogens is 310 g/mol. The van der Waals surface area contributed by atoms with Crippen molar-refractivity contribution in [2.75, 3.05) is 12.3 Å². The Morgan fingerprint density at radius 3 is 2.68 bits per heavy atom. The summed E-state index contributed by atoms with van der Waals surface area (Å²) in [6.45, 7) is 6.08. The monoisotopic (exact) mass is 325 g/mol. The quantitative estimate of drug-likeness (QED) is 0.858. The predicted octanol–water partition coefficient (Wildman–Crippen LogP) is 3.18. The Balaban J connectivity index is 0.000000861. The summed E-state index contributed by atoms with van der Waals surface area (Å²) in [5, 5.41) is 0.739. The molecule has 0 saturated carbocycles. The van der Waals surface area contributed by atoms with Gasteiger partial charge < -0.3 is 10.5 Å². The topological polar surface area (TPSA) is 78.1 Å². The summed E-state index contributed by atoms with van der Waals surface area (Å²) < 4.78 is 5.64. The molecule has 2 aromatic rings. The standard InChI is InChI=1S/C11H10BrN3O2.C2H6/c1-2-17-11(16)6-3-7-8(12)5-15-10(13)9(7)14-4-6;1-2/h3-5H,2H2,1H3,(H2,13,15);1-2H3. The molecule has 5 nitrogen and oxygen atoms in total. The molecule has 6 heteroatoms. The summed E-state index contributed by atoms with van der Waals surface area (Å²) in [6.07, 6.45) is 3.01. The number of halogens is 1. The molecular formula is C13H16BrN3O2. The van der Waals surface area contributed by atoms with E-state index in [1.54, 1.807) is 19.2 Å². The van der Waals surface area contributed by atoms with Gasteiger partial charge in [0, 0.05) is 22.3 Å². The van der Waals surface area contributed by atoms with Crippen LogP contribution in [0.15, 0.2) is 22.9 Å². The first-order valence-electron chi connectivity index (χ1n) is 6.00. The zero-order valence-electron chi connectivity index (χ0n) is 11.1. The average Bonchev–Trinajstić information content (AvgIpc) is 2.45. The van der Waals surface area contributed by atoms with Gasteiger partial charge in [-0.25, -0.2) is 9.78 Å². The van der Waals surface area contributed by atoms with Gasteiger partial charge in [0.05, 0.1) is 12.2 Å². The van der Waals surface area contributed by atoms with Crippen molar-refractivity contribution >= 4 is 38.6 Å². The molecule has 0 aliphatic heterocycles. The molecule has 0 bridgehead atoms. The zero-order chi connectivity index (χ0) is 14.4. The predicted molar refractivity (Wildman–Crippen MR) is 79.0 cm³/mol. The summed E-state index contributed by atoms with van der Waals surface area (Å²) in [5.41, 5.74) is 6.66. The van der Waals surface area contributed by atoms with Gasteiger partial charge >= 0.3 is 5.97 Å². The average molecular weight is 326 g/mol. The lowest BCUT2D eigenvalue weighted by Gasteiger charge is -2.05. The number of hydrogen-bond donors (Lipinski definition) is 1. The number of pyridine rings is 2. The summed E-state index contributed by atoms with van der Waals surface area (Å²) in [7, 11) is 0. The molecule has 0 spiro atoms. The Labute approximate surface area is 120 Å². The fourth-order valence-electron chi connectivity index (χ4n) is 1.43. The van der Waals surface area contributed by atoms with Crippen molar-refractivity contribution in [2.24, 2.45) is 0 Å². The van der Waals surface area contributed by atoms with Crippen molar-refractivity contribution in [2.45, 2.75) is 20.8 Å². The molecule has 0 amide bonds. The van der Waals surface area contributed by atoms with E-state index < -0.39 is 5.97 Å². The Hall–Kier alpha value is -1.69. The largest absolute Gasteiger partial charge is 0.462 e. The van der Waals surface area contributed by atoms with Gasteiger partial charge in [-0.3, -0.25) is 4.98 Å². The third-order valence-corrected chi connectivity index (χ3v) is 2.85. The maximum Gasteiger partial charge on any atom is 0.339 e. The van der Waals surface area contributed by atoms with E-state index in [1.165, 1.54) is 6.20 Å². The number of fused-ring (bicyclic) bond motifs is 1. The van der Waals surface area contributed by atoms with Crippen LogP contribution in [0.2, 0.25) is 0 Å². The summed E-state index contributed by atoms with van der Waals surface area (Å²) in [6, 6.07) is 1.68. The second kappa shape index (κ2) is 7.04. The molecule has 0 saturated heterocycles. The number of aromatic nitrogens is 2. The van der Waals surface area contributed by atoms with E-state index >= 15 is 0 Å². The number of rotatable bonds is 2. The van der Waals surface area contributed by atoms with Crippen LogP contribution in [0, 0.1) is 0 Å². The first kappa shape index (κ1) is 15.4.